The third kappa shape index (κ3) is 1.99. The second-order valence-electron chi connectivity index (χ2n) is 2.92. The van der Waals surface area contributed by atoms with Crippen LogP contribution in [0.5, 0.6) is 11.5 Å². The van der Waals surface area contributed by atoms with Crippen molar-refractivity contribution in [2.24, 2.45) is 0 Å². The molecule has 5 heteroatoms. The van der Waals surface area contributed by atoms with Gasteiger partial charge in [-0.3, -0.25) is 0 Å². The highest BCUT2D eigenvalue weighted by atomic mass is 35.5. The molecule has 0 amide bonds. The van der Waals surface area contributed by atoms with E-state index in [9.17, 15) is 4.79 Å². The standard InChI is InChI=1S/C10H11ClO4/c1-5-4-6(11)8(14-2)9(15-3)7(5)10(12)13/h4H,1-3H3,(H,12,13). The number of hydrogen-bond acceptors (Lipinski definition) is 3. The van der Waals surface area contributed by atoms with Crippen LogP contribution in [0, 0.1) is 6.92 Å². The second-order valence-corrected chi connectivity index (χ2v) is 3.33. The molecule has 0 bridgehead atoms. The monoisotopic (exact) mass is 230 g/mol. The summed E-state index contributed by atoms with van der Waals surface area (Å²) in [6, 6.07) is 1.53. The van der Waals surface area contributed by atoms with Crippen molar-refractivity contribution >= 4 is 17.6 Å². The van der Waals surface area contributed by atoms with Crippen LogP contribution < -0.4 is 9.47 Å². The number of carboxylic acid groups (broad SMARTS) is 1. The highest BCUT2D eigenvalue weighted by molar-refractivity contribution is 6.32. The summed E-state index contributed by atoms with van der Waals surface area (Å²) in [6.07, 6.45) is 0. The van der Waals surface area contributed by atoms with Crippen LogP contribution in [0.2, 0.25) is 5.02 Å². The molecule has 0 unspecified atom stereocenters. The van der Waals surface area contributed by atoms with E-state index < -0.39 is 5.97 Å². The predicted octanol–water partition coefficient (Wildman–Crippen LogP) is 2.36. The smallest absolute Gasteiger partial charge is 0.339 e. The largest absolute Gasteiger partial charge is 0.492 e. The molecule has 0 aromatic heterocycles. The van der Waals surface area contributed by atoms with Gasteiger partial charge in [0.1, 0.15) is 5.56 Å². The van der Waals surface area contributed by atoms with Crippen molar-refractivity contribution in [2.45, 2.75) is 6.92 Å². The maximum absolute atomic E-state index is 11.0. The zero-order valence-electron chi connectivity index (χ0n) is 8.63. The van der Waals surface area contributed by atoms with Crippen LogP contribution >= 0.6 is 11.6 Å². The van der Waals surface area contributed by atoms with E-state index in [1.54, 1.807) is 6.92 Å². The van der Waals surface area contributed by atoms with Gasteiger partial charge in [0.2, 0.25) is 0 Å². The molecule has 4 nitrogen and oxygen atoms in total. The van der Waals surface area contributed by atoms with Crippen molar-refractivity contribution in [3.63, 3.8) is 0 Å². The Kier molecular flexibility index (Phi) is 3.42. The highest BCUT2D eigenvalue weighted by Crippen LogP contribution is 2.39. The molecule has 0 heterocycles. The summed E-state index contributed by atoms with van der Waals surface area (Å²) in [5.41, 5.74) is 0.601. The molecule has 82 valence electrons. The first-order valence-electron chi connectivity index (χ1n) is 4.17. The summed E-state index contributed by atoms with van der Waals surface area (Å²) in [4.78, 5) is 11.0. The Bertz CT molecular complexity index is 401. The van der Waals surface area contributed by atoms with Gasteiger partial charge in [-0.2, -0.15) is 0 Å². The highest BCUT2D eigenvalue weighted by Gasteiger charge is 2.21. The van der Waals surface area contributed by atoms with Gasteiger partial charge in [0, 0.05) is 0 Å². The first kappa shape index (κ1) is 11.7. The first-order valence-corrected chi connectivity index (χ1v) is 4.55. The maximum Gasteiger partial charge on any atom is 0.339 e. The van der Waals surface area contributed by atoms with E-state index >= 15 is 0 Å². The van der Waals surface area contributed by atoms with Crippen molar-refractivity contribution in [2.75, 3.05) is 14.2 Å². The zero-order valence-corrected chi connectivity index (χ0v) is 9.38. The number of carbonyl (C=O) groups is 1. The van der Waals surface area contributed by atoms with Crippen LogP contribution in [0.1, 0.15) is 15.9 Å². The van der Waals surface area contributed by atoms with Crippen LogP contribution in [-0.2, 0) is 0 Å². The Balaban J connectivity index is 3.56. The van der Waals surface area contributed by atoms with Gasteiger partial charge in [-0.25, -0.2) is 4.79 Å². The summed E-state index contributed by atoms with van der Waals surface area (Å²) in [5, 5.41) is 9.34. The van der Waals surface area contributed by atoms with Gasteiger partial charge in [-0.05, 0) is 18.6 Å². The Hall–Kier alpha value is -1.42. The molecule has 1 N–H and O–H groups in total. The van der Waals surface area contributed by atoms with Gasteiger partial charge in [0.25, 0.3) is 0 Å². The van der Waals surface area contributed by atoms with Crippen molar-refractivity contribution in [1.82, 2.24) is 0 Å². The number of benzene rings is 1. The number of carboxylic acids is 1. The van der Waals surface area contributed by atoms with E-state index in [1.807, 2.05) is 0 Å². The van der Waals surface area contributed by atoms with Gasteiger partial charge < -0.3 is 14.6 Å². The Morgan fingerprint density at radius 2 is 1.87 bits per heavy atom. The third-order valence-electron chi connectivity index (χ3n) is 2.01. The number of methoxy groups -OCH3 is 2. The summed E-state index contributed by atoms with van der Waals surface area (Å²) in [7, 11) is 2.78. The fourth-order valence-electron chi connectivity index (χ4n) is 1.38. The third-order valence-corrected chi connectivity index (χ3v) is 2.29. The summed E-state index contributed by atoms with van der Waals surface area (Å²) < 4.78 is 9.99. The van der Waals surface area contributed by atoms with E-state index in [-0.39, 0.29) is 17.1 Å². The van der Waals surface area contributed by atoms with Crippen molar-refractivity contribution in [3.05, 3.63) is 22.2 Å². The molecule has 0 radical (unpaired) electrons. The van der Waals surface area contributed by atoms with Gasteiger partial charge >= 0.3 is 5.97 Å². The molecule has 0 spiro atoms. The lowest BCUT2D eigenvalue weighted by Crippen LogP contribution is -2.05. The second kappa shape index (κ2) is 4.40. The van der Waals surface area contributed by atoms with Gasteiger partial charge in [-0.1, -0.05) is 11.6 Å². The van der Waals surface area contributed by atoms with Crippen molar-refractivity contribution in [1.29, 1.82) is 0 Å². The van der Waals surface area contributed by atoms with E-state index in [0.29, 0.717) is 10.6 Å². The molecule has 0 fully saturated rings. The summed E-state index contributed by atoms with van der Waals surface area (Å²) in [5.74, 6) is -0.684. The number of halogens is 1. The Morgan fingerprint density at radius 3 is 2.27 bits per heavy atom. The van der Waals surface area contributed by atoms with Crippen LogP contribution in [0.4, 0.5) is 0 Å². The molecule has 1 rings (SSSR count). The first-order chi connectivity index (χ1) is 7.02. The fourth-order valence-corrected chi connectivity index (χ4v) is 1.71. The minimum atomic E-state index is -1.07. The SMILES string of the molecule is COc1c(Cl)cc(C)c(C(=O)O)c1OC. The molecule has 0 aliphatic rings. The number of aromatic carboxylic acids is 1. The molecule has 15 heavy (non-hydrogen) atoms. The number of hydrogen-bond donors (Lipinski definition) is 1. The molecule has 0 saturated carbocycles. The van der Waals surface area contributed by atoms with E-state index in [0.717, 1.165) is 0 Å². The van der Waals surface area contributed by atoms with Crippen LogP contribution in [-0.4, -0.2) is 25.3 Å². The molecule has 1 aromatic rings. The molecule has 0 aliphatic carbocycles. The van der Waals surface area contributed by atoms with Gasteiger partial charge in [-0.15, -0.1) is 0 Å². The lowest BCUT2D eigenvalue weighted by atomic mass is 10.1. The fraction of sp³-hybridized carbons (Fsp3) is 0.300. The lowest BCUT2D eigenvalue weighted by Gasteiger charge is -2.13. The van der Waals surface area contributed by atoms with Gasteiger partial charge in [0.05, 0.1) is 19.2 Å². The average molecular weight is 231 g/mol. The van der Waals surface area contributed by atoms with Crippen molar-refractivity contribution < 1.29 is 19.4 Å². The minimum Gasteiger partial charge on any atom is -0.492 e. The zero-order chi connectivity index (χ0) is 11.6. The van der Waals surface area contributed by atoms with Gasteiger partial charge in [0.15, 0.2) is 11.5 Å². The molecule has 1 aromatic carbocycles. The molecule has 0 saturated heterocycles. The van der Waals surface area contributed by atoms with E-state index in [4.69, 9.17) is 26.2 Å². The van der Waals surface area contributed by atoms with E-state index in [2.05, 4.69) is 0 Å². The molecular weight excluding hydrogens is 220 g/mol. The van der Waals surface area contributed by atoms with E-state index in [1.165, 1.54) is 20.3 Å². The quantitative estimate of drug-likeness (QED) is 0.866. The summed E-state index contributed by atoms with van der Waals surface area (Å²) in [6.45, 7) is 1.65. The van der Waals surface area contributed by atoms with Crippen molar-refractivity contribution in [3.8, 4) is 11.5 Å². The molecular formula is C10H11ClO4. The van der Waals surface area contributed by atoms with Crippen LogP contribution in [0.3, 0.4) is 0 Å². The number of ether oxygens (including phenoxy) is 2. The number of rotatable bonds is 3. The Labute approximate surface area is 92.4 Å². The van der Waals surface area contributed by atoms with Crippen LogP contribution in [0.25, 0.3) is 0 Å². The Morgan fingerprint density at radius 1 is 1.33 bits per heavy atom. The minimum absolute atomic E-state index is 0.0683. The maximum atomic E-state index is 11.0. The summed E-state index contributed by atoms with van der Waals surface area (Å²) >= 11 is 5.89. The molecule has 0 atom stereocenters. The number of aryl methyl sites for hydroxylation is 1. The van der Waals surface area contributed by atoms with Crippen LogP contribution in [0.15, 0.2) is 6.07 Å². The topological polar surface area (TPSA) is 55.8 Å². The average Bonchev–Trinajstić information content (AvgIpc) is 2.15. The predicted molar refractivity (Wildman–Crippen MR) is 56.3 cm³/mol. The normalized spacial score (nSPS) is 9.87. The molecule has 0 aliphatic heterocycles. The lowest BCUT2D eigenvalue weighted by molar-refractivity contribution is 0.0692.